The average Bonchev–Trinajstić information content (AvgIpc) is 2.55. The average molecular weight is 367 g/mol. The number of piperidine rings is 1. The summed E-state index contributed by atoms with van der Waals surface area (Å²) in [6.45, 7) is 6.72. The van der Waals surface area contributed by atoms with Gasteiger partial charge in [-0.25, -0.2) is 0 Å². The highest BCUT2D eigenvalue weighted by atomic mass is 35.5. The molecule has 5 heteroatoms. The molecule has 2 rings (SSSR count). The Kier molecular flexibility index (Phi) is 7.57. The fraction of sp³-hybridized carbons (Fsp3) is 0.650. The highest BCUT2D eigenvalue weighted by Gasteiger charge is 2.19. The lowest BCUT2D eigenvalue weighted by Gasteiger charge is -2.27. The van der Waals surface area contributed by atoms with E-state index in [2.05, 4.69) is 19.2 Å². The van der Waals surface area contributed by atoms with Crippen LogP contribution in [0.1, 0.15) is 49.9 Å². The standard InChI is InChI=1S/C20H31ClN2O2/c1-14(12-16-7-9-22-10-8-16)11-15(2)25-17-5-6-18(19(21)13-17)20(24)23(3)4/h5-6,13-16,22H,7-12H2,1-4H3. The number of rotatable bonds is 7. The smallest absolute Gasteiger partial charge is 0.254 e. The lowest BCUT2D eigenvalue weighted by Crippen LogP contribution is -2.29. The van der Waals surface area contributed by atoms with Crippen molar-refractivity contribution in [3.05, 3.63) is 28.8 Å². The summed E-state index contributed by atoms with van der Waals surface area (Å²) in [6.07, 6.45) is 5.00. The van der Waals surface area contributed by atoms with Crippen molar-refractivity contribution in [3.63, 3.8) is 0 Å². The van der Waals surface area contributed by atoms with Crippen molar-refractivity contribution in [3.8, 4) is 5.75 Å². The number of nitrogens with zero attached hydrogens (tertiary/aromatic N) is 1. The fourth-order valence-corrected chi connectivity index (χ4v) is 3.86. The maximum Gasteiger partial charge on any atom is 0.254 e. The third-order valence-electron chi connectivity index (χ3n) is 4.84. The molecule has 0 aliphatic carbocycles. The lowest BCUT2D eigenvalue weighted by molar-refractivity contribution is 0.0827. The van der Waals surface area contributed by atoms with E-state index in [1.54, 1.807) is 26.2 Å². The van der Waals surface area contributed by atoms with Gasteiger partial charge in [0.05, 0.1) is 16.7 Å². The van der Waals surface area contributed by atoms with Gasteiger partial charge in [-0.05, 0) is 75.7 Å². The van der Waals surface area contributed by atoms with Crippen LogP contribution >= 0.6 is 11.6 Å². The molecule has 0 saturated carbocycles. The molecule has 2 atom stereocenters. The number of benzene rings is 1. The van der Waals surface area contributed by atoms with Crippen LogP contribution in [-0.4, -0.2) is 44.1 Å². The van der Waals surface area contributed by atoms with Crippen LogP contribution in [0.5, 0.6) is 5.75 Å². The van der Waals surface area contributed by atoms with Crippen molar-refractivity contribution >= 4 is 17.5 Å². The first-order chi connectivity index (χ1) is 11.9. The van der Waals surface area contributed by atoms with Gasteiger partial charge in [0.2, 0.25) is 0 Å². The second-order valence-electron chi connectivity index (χ2n) is 7.54. The molecule has 1 heterocycles. The predicted octanol–water partition coefficient (Wildman–Crippen LogP) is 4.23. The number of halogens is 1. The quantitative estimate of drug-likeness (QED) is 0.785. The second-order valence-corrected chi connectivity index (χ2v) is 7.95. The van der Waals surface area contributed by atoms with Crippen molar-refractivity contribution in [2.24, 2.45) is 11.8 Å². The molecule has 0 radical (unpaired) electrons. The van der Waals surface area contributed by atoms with Gasteiger partial charge < -0.3 is 15.0 Å². The molecular formula is C20H31ClN2O2. The summed E-state index contributed by atoms with van der Waals surface area (Å²) < 4.78 is 6.03. The van der Waals surface area contributed by atoms with Crippen molar-refractivity contribution < 1.29 is 9.53 Å². The van der Waals surface area contributed by atoms with Gasteiger partial charge >= 0.3 is 0 Å². The van der Waals surface area contributed by atoms with Gasteiger partial charge in [-0.2, -0.15) is 0 Å². The predicted molar refractivity (Wildman–Crippen MR) is 104 cm³/mol. The molecule has 0 spiro atoms. The Morgan fingerprint density at radius 1 is 1.32 bits per heavy atom. The van der Waals surface area contributed by atoms with E-state index in [4.69, 9.17) is 16.3 Å². The molecule has 1 aliphatic rings. The molecule has 25 heavy (non-hydrogen) atoms. The van der Waals surface area contributed by atoms with E-state index < -0.39 is 0 Å². The molecule has 1 fully saturated rings. The molecular weight excluding hydrogens is 336 g/mol. The highest BCUT2D eigenvalue weighted by Crippen LogP contribution is 2.27. The first-order valence-corrected chi connectivity index (χ1v) is 9.63. The maximum absolute atomic E-state index is 12.0. The van der Waals surface area contributed by atoms with E-state index in [1.165, 1.54) is 24.2 Å². The fourth-order valence-electron chi connectivity index (χ4n) is 3.61. The lowest BCUT2D eigenvalue weighted by atomic mass is 9.86. The third kappa shape index (κ3) is 6.19. The molecule has 1 saturated heterocycles. The van der Waals surface area contributed by atoms with Gasteiger partial charge in [0.15, 0.2) is 0 Å². The van der Waals surface area contributed by atoms with Gasteiger partial charge in [-0.15, -0.1) is 0 Å². The summed E-state index contributed by atoms with van der Waals surface area (Å²) in [5, 5.41) is 3.86. The molecule has 1 aromatic rings. The Hall–Kier alpha value is -1.26. The first kappa shape index (κ1) is 20.1. The number of ether oxygens (including phenoxy) is 1. The highest BCUT2D eigenvalue weighted by molar-refractivity contribution is 6.34. The van der Waals surface area contributed by atoms with E-state index >= 15 is 0 Å². The maximum atomic E-state index is 12.0. The molecule has 1 amide bonds. The Balaban J connectivity index is 1.86. The van der Waals surface area contributed by atoms with Crippen LogP contribution < -0.4 is 10.1 Å². The number of carbonyl (C=O) groups is 1. The first-order valence-electron chi connectivity index (χ1n) is 9.25. The van der Waals surface area contributed by atoms with Crippen molar-refractivity contribution in [2.75, 3.05) is 27.2 Å². The SMILES string of the molecule is CC(CC1CCNCC1)CC(C)Oc1ccc(C(=O)N(C)C)c(Cl)c1. The number of carbonyl (C=O) groups excluding carboxylic acids is 1. The molecule has 1 aromatic carbocycles. The van der Waals surface area contributed by atoms with Crippen molar-refractivity contribution in [2.45, 2.75) is 45.6 Å². The van der Waals surface area contributed by atoms with Crippen LogP contribution in [0, 0.1) is 11.8 Å². The topological polar surface area (TPSA) is 41.6 Å². The molecule has 4 nitrogen and oxygen atoms in total. The molecule has 1 aliphatic heterocycles. The zero-order chi connectivity index (χ0) is 18.4. The van der Waals surface area contributed by atoms with E-state index in [0.29, 0.717) is 16.5 Å². The molecule has 0 bridgehead atoms. The van der Waals surface area contributed by atoms with Gasteiger partial charge in [-0.1, -0.05) is 18.5 Å². The van der Waals surface area contributed by atoms with E-state index in [0.717, 1.165) is 31.2 Å². The molecule has 0 aromatic heterocycles. The van der Waals surface area contributed by atoms with E-state index in [9.17, 15) is 4.79 Å². The zero-order valence-corrected chi connectivity index (χ0v) is 16.6. The number of hydrogen-bond acceptors (Lipinski definition) is 3. The Labute approximate surface area is 156 Å². The minimum absolute atomic E-state index is 0.0970. The van der Waals surface area contributed by atoms with E-state index in [-0.39, 0.29) is 12.0 Å². The molecule has 2 unspecified atom stereocenters. The normalized spacial score (nSPS) is 17.8. The van der Waals surface area contributed by atoms with Gasteiger partial charge in [0.25, 0.3) is 5.91 Å². The molecule has 1 N–H and O–H groups in total. The largest absolute Gasteiger partial charge is 0.491 e. The van der Waals surface area contributed by atoms with Crippen LogP contribution in [0.3, 0.4) is 0 Å². The van der Waals surface area contributed by atoms with Crippen molar-refractivity contribution in [1.82, 2.24) is 10.2 Å². The van der Waals surface area contributed by atoms with Crippen LogP contribution in [0.15, 0.2) is 18.2 Å². The monoisotopic (exact) mass is 366 g/mol. The molecule has 140 valence electrons. The van der Waals surface area contributed by atoms with Gasteiger partial charge in [0, 0.05) is 14.1 Å². The Morgan fingerprint density at radius 2 is 2.00 bits per heavy atom. The summed E-state index contributed by atoms with van der Waals surface area (Å²) in [4.78, 5) is 13.6. The van der Waals surface area contributed by atoms with Gasteiger partial charge in [-0.3, -0.25) is 4.79 Å². The summed E-state index contributed by atoms with van der Waals surface area (Å²) in [5.74, 6) is 2.11. The van der Waals surface area contributed by atoms with Crippen LogP contribution in [0.4, 0.5) is 0 Å². The van der Waals surface area contributed by atoms with Crippen LogP contribution in [0.25, 0.3) is 0 Å². The number of nitrogens with one attached hydrogen (secondary N) is 1. The summed E-state index contributed by atoms with van der Waals surface area (Å²) >= 11 is 6.25. The number of hydrogen-bond donors (Lipinski definition) is 1. The third-order valence-corrected chi connectivity index (χ3v) is 5.16. The number of amides is 1. The summed E-state index contributed by atoms with van der Waals surface area (Å²) in [6, 6.07) is 5.31. The minimum Gasteiger partial charge on any atom is -0.491 e. The zero-order valence-electron chi connectivity index (χ0n) is 15.8. The Morgan fingerprint density at radius 3 is 2.60 bits per heavy atom. The van der Waals surface area contributed by atoms with Crippen LogP contribution in [-0.2, 0) is 0 Å². The second kappa shape index (κ2) is 9.44. The minimum atomic E-state index is -0.0970. The van der Waals surface area contributed by atoms with Crippen molar-refractivity contribution in [1.29, 1.82) is 0 Å². The summed E-state index contributed by atoms with van der Waals surface area (Å²) in [7, 11) is 3.43. The Bertz CT molecular complexity index is 571. The van der Waals surface area contributed by atoms with E-state index in [1.807, 2.05) is 6.07 Å². The van der Waals surface area contributed by atoms with Crippen LogP contribution in [0.2, 0.25) is 5.02 Å². The summed E-state index contributed by atoms with van der Waals surface area (Å²) in [5.41, 5.74) is 0.506. The van der Waals surface area contributed by atoms with Gasteiger partial charge in [0.1, 0.15) is 5.75 Å².